The van der Waals surface area contributed by atoms with Crippen LogP contribution in [0.5, 0.6) is 0 Å². The molecule has 0 saturated carbocycles. The van der Waals surface area contributed by atoms with Crippen molar-refractivity contribution in [3.05, 3.63) is 10.1 Å². The number of nitrogens with zero attached hydrogens (tertiary/aromatic N) is 2. The fourth-order valence-electron chi connectivity index (χ4n) is 1.30. The molecule has 13 heavy (non-hydrogen) atoms. The van der Waals surface area contributed by atoms with Crippen molar-refractivity contribution >= 4 is 12.1 Å². The number of amides is 4. The average Bonchev–Trinajstić information content (AvgIpc) is 2.41. The molecule has 0 unspecified atom stereocenters. The number of hydrogen-bond donors (Lipinski definition) is 3. The molecule has 0 bridgehead atoms. The lowest BCUT2D eigenvalue weighted by atomic mass is 10.4. The highest BCUT2D eigenvalue weighted by Crippen LogP contribution is 2.12. The standard InChI is InChI=1S/C4H5N5O4/c10-3-5-1-2(7-3)8(9(12)13)4(11)6-1/h1-2H,(H,6,11)(H2,5,7,10)/t1-,2+/m1/s1. The lowest BCUT2D eigenvalue weighted by Gasteiger charge is -2.09. The minimum Gasteiger partial charge on any atom is -0.314 e. The highest BCUT2D eigenvalue weighted by Gasteiger charge is 2.52. The van der Waals surface area contributed by atoms with E-state index in [1.807, 2.05) is 0 Å². The van der Waals surface area contributed by atoms with Crippen LogP contribution >= 0.6 is 0 Å². The summed E-state index contributed by atoms with van der Waals surface area (Å²) in [6.45, 7) is 0. The van der Waals surface area contributed by atoms with Crippen molar-refractivity contribution in [2.24, 2.45) is 0 Å². The van der Waals surface area contributed by atoms with E-state index in [-0.39, 0.29) is 0 Å². The molecule has 2 atom stereocenters. The summed E-state index contributed by atoms with van der Waals surface area (Å²) in [5.41, 5.74) is 0. The Balaban J connectivity index is 2.24. The Labute approximate surface area is 71.2 Å². The lowest BCUT2D eigenvalue weighted by Crippen LogP contribution is -2.46. The van der Waals surface area contributed by atoms with E-state index >= 15 is 0 Å². The second kappa shape index (κ2) is 2.21. The zero-order chi connectivity index (χ0) is 9.59. The molecule has 2 rings (SSSR count). The normalized spacial score (nSPS) is 30.6. The molecule has 2 fully saturated rings. The SMILES string of the molecule is O=C1N[C@@H]2NC(=O)N([N+](=O)[O-])[C@@H]2N1. The topological polar surface area (TPSA) is 117 Å². The number of carbonyl (C=O) groups is 2. The van der Waals surface area contributed by atoms with Crippen LogP contribution in [0.4, 0.5) is 9.59 Å². The van der Waals surface area contributed by atoms with Gasteiger partial charge in [0, 0.05) is 0 Å². The summed E-state index contributed by atoms with van der Waals surface area (Å²) in [5.74, 6) is 0. The van der Waals surface area contributed by atoms with Crippen molar-refractivity contribution in [3.63, 3.8) is 0 Å². The van der Waals surface area contributed by atoms with E-state index in [1.165, 1.54) is 0 Å². The fraction of sp³-hybridized carbons (Fsp3) is 0.500. The van der Waals surface area contributed by atoms with Crippen LogP contribution in [0.15, 0.2) is 0 Å². The molecule has 0 aromatic rings. The van der Waals surface area contributed by atoms with E-state index in [4.69, 9.17) is 0 Å². The van der Waals surface area contributed by atoms with Gasteiger partial charge in [-0.1, -0.05) is 0 Å². The zero-order valence-corrected chi connectivity index (χ0v) is 6.18. The number of nitrogens with one attached hydrogen (secondary N) is 3. The van der Waals surface area contributed by atoms with Crippen molar-refractivity contribution in [3.8, 4) is 0 Å². The van der Waals surface area contributed by atoms with Gasteiger partial charge in [-0.2, -0.15) is 0 Å². The van der Waals surface area contributed by atoms with Crippen molar-refractivity contribution in [1.29, 1.82) is 0 Å². The average molecular weight is 187 g/mol. The van der Waals surface area contributed by atoms with E-state index in [2.05, 4.69) is 16.0 Å². The monoisotopic (exact) mass is 187 g/mol. The van der Waals surface area contributed by atoms with E-state index in [9.17, 15) is 19.7 Å². The van der Waals surface area contributed by atoms with Crippen LogP contribution < -0.4 is 16.0 Å². The third-order valence-corrected chi connectivity index (χ3v) is 1.81. The van der Waals surface area contributed by atoms with Crippen LogP contribution in [0.2, 0.25) is 0 Å². The molecule has 0 radical (unpaired) electrons. The van der Waals surface area contributed by atoms with Gasteiger partial charge in [-0.05, 0) is 5.01 Å². The minimum atomic E-state index is -0.949. The Bertz CT molecular complexity index is 303. The number of urea groups is 2. The number of hydrogen-bond acceptors (Lipinski definition) is 4. The van der Waals surface area contributed by atoms with Gasteiger partial charge in [-0.25, -0.2) is 19.7 Å². The molecule has 9 heteroatoms. The molecule has 4 amide bonds. The van der Waals surface area contributed by atoms with Crippen LogP contribution in [0.3, 0.4) is 0 Å². The summed E-state index contributed by atoms with van der Waals surface area (Å²) >= 11 is 0. The molecule has 9 nitrogen and oxygen atoms in total. The van der Waals surface area contributed by atoms with Crippen molar-refractivity contribution in [1.82, 2.24) is 21.0 Å². The maximum Gasteiger partial charge on any atom is 0.379 e. The van der Waals surface area contributed by atoms with E-state index in [1.54, 1.807) is 0 Å². The first kappa shape index (κ1) is 7.58. The van der Waals surface area contributed by atoms with Crippen LogP contribution in [-0.4, -0.2) is 34.4 Å². The fourth-order valence-corrected chi connectivity index (χ4v) is 1.30. The van der Waals surface area contributed by atoms with E-state index in [0.717, 1.165) is 0 Å². The van der Waals surface area contributed by atoms with Crippen LogP contribution in [0.1, 0.15) is 0 Å². The van der Waals surface area contributed by atoms with Gasteiger partial charge in [0.1, 0.15) is 0 Å². The van der Waals surface area contributed by atoms with Crippen LogP contribution in [0.25, 0.3) is 0 Å². The third kappa shape index (κ3) is 0.931. The number of fused-ring (bicyclic) bond motifs is 1. The quantitative estimate of drug-likeness (QED) is 0.330. The molecule has 2 aliphatic heterocycles. The van der Waals surface area contributed by atoms with Crippen molar-refractivity contribution < 1.29 is 14.6 Å². The van der Waals surface area contributed by atoms with Gasteiger partial charge in [0.15, 0.2) is 11.2 Å². The van der Waals surface area contributed by atoms with Gasteiger partial charge in [0.2, 0.25) is 6.17 Å². The molecule has 2 saturated heterocycles. The zero-order valence-electron chi connectivity index (χ0n) is 6.18. The van der Waals surface area contributed by atoms with E-state index in [0.29, 0.717) is 5.01 Å². The van der Waals surface area contributed by atoms with Gasteiger partial charge in [-0.3, -0.25) is 0 Å². The van der Waals surface area contributed by atoms with Gasteiger partial charge in [0.05, 0.1) is 0 Å². The predicted octanol–water partition coefficient (Wildman–Crippen LogP) is -1.83. The third-order valence-electron chi connectivity index (χ3n) is 1.81. The molecule has 0 spiro atoms. The summed E-state index contributed by atoms with van der Waals surface area (Å²) in [6.07, 6.45) is -1.68. The maximum atomic E-state index is 10.9. The summed E-state index contributed by atoms with van der Waals surface area (Å²) in [7, 11) is 0. The molecular weight excluding hydrogens is 182 g/mol. The Morgan fingerprint density at radius 3 is 2.62 bits per heavy atom. The maximum absolute atomic E-state index is 10.9. The highest BCUT2D eigenvalue weighted by atomic mass is 16.7. The Morgan fingerprint density at radius 2 is 2.00 bits per heavy atom. The Kier molecular flexibility index (Phi) is 1.29. The van der Waals surface area contributed by atoms with Crippen molar-refractivity contribution in [2.45, 2.75) is 12.3 Å². The molecule has 0 aromatic heterocycles. The van der Waals surface area contributed by atoms with Gasteiger partial charge >= 0.3 is 12.1 Å². The molecule has 0 aliphatic carbocycles. The summed E-state index contributed by atoms with van der Waals surface area (Å²) < 4.78 is 0. The first-order valence-corrected chi connectivity index (χ1v) is 3.40. The van der Waals surface area contributed by atoms with Crippen LogP contribution in [0, 0.1) is 10.1 Å². The number of rotatable bonds is 1. The largest absolute Gasteiger partial charge is 0.379 e. The molecule has 3 N–H and O–H groups in total. The number of hydrazine groups is 1. The molecular formula is C4H5N5O4. The summed E-state index contributed by atoms with van der Waals surface area (Å²) in [4.78, 5) is 32.0. The lowest BCUT2D eigenvalue weighted by molar-refractivity contribution is -0.638. The molecule has 0 aromatic carbocycles. The second-order valence-corrected chi connectivity index (χ2v) is 2.57. The first-order chi connectivity index (χ1) is 6.09. The van der Waals surface area contributed by atoms with Crippen molar-refractivity contribution in [2.75, 3.05) is 0 Å². The van der Waals surface area contributed by atoms with Gasteiger partial charge in [-0.15, -0.1) is 0 Å². The molecule has 70 valence electrons. The highest BCUT2D eigenvalue weighted by molar-refractivity contribution is 5.83. The van der Waals surface area contributed by atoms with Gasteiger partial charge < -0.3 is 16.0 Å². The van der Waals surface area contributed by atoms with Gasteiger partial charge in [0.25, 0.3) is 0 Å². The smallest absolute Gasteiger partial charge is 0.314 e. The molecule has 2 aliphatic rings. The minimum absolute atomic E-state index is 0.336. The second-order valence-electron chi connectivity index (χ2n) is 2.57. The summed E-state index contributed by atoms with van der Waals surface area (Å²) in [5, 5.41) is 16.6. The first-order valence-electron chi connectivity index (χ1n) is 3.40. The number of carbonyl (C=O) groups excluding carboxylic acids is 2. The number of nitro groups is 1. The Hall–Kier alpha value is -2.06. The van der Waals surface area contributed by atoms with Crippen LogP contribution in [-0.2, 0) is 0 Å². The predicted molar refractivity (Wildman–Crippen MR) is 36.6 cm³/mol. The summed E-state index contributed by atoms with van der Waals surface area (Å²) in [6, 6.07) is -1.38. The Morgan fingerprint density at radius 1 is 1.31 bits per heavy atom. The molecule has 2 heterocycles. The van der Waals surface area contributed by atoms with E-state index < -0.39 is 29.4 Å².